The molecule has 0 amide bonds. The van der Waals surface area contributed by atoms with Gasteiger partial charge < -0.3 is 0 Å². The minimum absolute atomic E-state index is 0.208. The van der Waals surface area contributed by atoms with Gasteiger partial charge in [0.15, 0.2) is 0 Å². The third-order valence-corrected chi connectivity index (χ3v) is 53.2. The molecule has 0 saturated carbocycles. The average Bonchev–Trinajstić information content (AvgIpc) is 3.29. The van der Waals surface area contributed by atoms with Crippen LogP contribution in [-0.2, 0) is 32.9 Å². The van der Waals surface area contributed by atoms with Gasteiger partial charge in [0.2, 0.25) is 0 Å². The molecule has 2 N–H and O–H groups in total. The van der Waals surface area contributed by atoms with Gasteiger partial charge in [-0.05, 0) is 0 Å². The fraction of sp³-hybridized carbons (Fsp3) is 0.390. The number of halogens is 12. The molecule has 6 aromatic rings. The Morgan fingerprint density at radius 2 is 0.480 bits per heavy atom. The van der Waals surface area contributed by atoms with Gasteiger partial charge in [0.1, 0.15) is 0 Å². The molecule has 0 saturated heterocycles. The summed E-state index contributed by atoms with van der Waals surface area (Å²) in [6.07, 6.45) is -25.7. The minimum atomic E-state index is -6.42. The van der Waals surface area contributed by atoms with Crippen LogP contribution in [0.3, 0.4) is 0 Å². The van der Waals surface area contributed by atoms with Crippen LogP contribution in [0.2, 0.25) is 2.31 Å². The first kappa shape index (κ1) is 60.3. The molecule has 2 radical (unpaired) electrons. The SMILES string of the molecule is CC(C)(C)c1cc[c]([Sb]([CH2][Sb]([c]2ccc(C(C)(C)C)cc2)([c]2ccc(C(C)(C)C)cc2)[c]2ccccc2C(O)(C(F)(F)F)C(F)(F)F)([c]2ccc(C(C)(C)C)cc2)[c]2ccccc2C(O)(C(F)(F)F)C(F)(F)F)cc1. The second kappa shape index (κ2) is 20.0. The molecular weight excluding hydrogens is 1210 g/mol. The number of hydrogen-bond donors (Lipinski definition) is 2. The Hall–Kier alpha value is -3.96. The van der Waals surface area contributed by atoms with Gasteiger partial charge in [-0.25, -0.2) is 0 Å². The van der Waals surface area contributed by atoms with E-state index in [-0.39, 0.29) is 14.0 Å². The van der Waals surface area contributed by atoms with E-state index in [1.54, 1.807) is 97.1 Å². The molecule has 0 aliphatic heterocycles. The Kier molecular flexibility index (Phi) is 16.1. The van der Waals surface area contributed by atoms with Crippen LogP contribution in [0.1, 0.15) is 116 Å². The summed E-state index contributed by atoms with van der Waals surface area (Å²) >= 11 is -12.5. The van der Waals surface area contributed by atoms with E-state index in [4.69, 9.17) is 0 Å². The summed E-state index contributed by atoms with van der Waals surface area (Å²) in [6, 6.07) is 33.8. The Morgan fingerprint density at radius 1 is 0.293 bits per heavy atom. The average molecular weight is 1280 g/mol. The Labute approximate surface area is 440 Å². The number of hydrogen-bond acceptors (Lipinski definition) is 2. The molecule has 16 heteroatoms. The summed E-state index contributed by atoms with van der Waals surface area (Å²) in [6.45, 7) is 22.6. The molecule has 0 atom stereocenters. The van der Waals surface area contributed by atoms with E-state index in [1.807, 2.05) is 83.1 Å². The number of rotatable bonds is 10. The van der Waals surface area contributed by atoms with Crippen molar-refractivity contribution in [1.82, 2.24) is 0 Å². The first-order valence-electron chi connectivity index (χ1n) is 24.1. The van der Waals surface area contributed by atoms with E-state index in [0.29, 0.717) is 34.4 Å². The Bertz CT molecular complexity index is 2600. The van der Waals surface area contributed by atoms with E-state index in [2.05, 4.69) is 0 Å². The van der Waals surface area contributed by atoms with E-state index in [0.717, 1.165) is 24.3 Å². The van der Waals surface area contributed by atoms with Crippen molar-refractivity contribution in [3.8, 4) is 0 Å². The van der Waals surface area contributed by atoms with E-state index < -0.39 is 116 Å². The van der Waals surface area contributed by atoms with Crippen LogP contribution in [0.4, 0.5) is 52.7 Å². The Balaban J connectivity index is 2.05. The fourth-order valence-corrected chi connectivity index (χ4v) is 62.8. The third kappa shape index (κ3) is 11.0. The van der Waals surface area contributed by atoms with Gasteiger partial charge in [-0.3, -0.25) is 0 Å². The van der Waals surface area contributed by atoms with Crippen molar-refractivity contribution >= 4 is 58.7 Å². The van der Waals surface area contributed by atoms with Gasteiger partial charge in [0.05, 0.1) is 0 Å². The summed E-state index contributed by atoms with van der Waals surface area (Å²) in [4.78, 5) is 0. The molecule has 0 aliphatic carbocycles. The summed E-state index contributed by atoms with van der Waals surface area (Å²) in [5.41, 5.74) is -13.7. The van der Waals surface area contributed by atoms with Crippen LogP contribution >= 0.6 is 0 Å². The van der Waals surface area contributed by atoms with E-state index in [1.165, 1.54) is 12.1 Å². The maximum atomic E-state index is 15.7. The van der Waals surface area contributed by atoms with Crippen LogP contribution in [0.5, 0.6) is 0 Å². The number of benzene rings is 6. The summed E-state index contributed by atoms with van der Waals surface area (Å²) in [7, 11) is 0. The molecule has 0 fully saturated rings. The van der Waals surface area contributed by atoms with Crippen molar-refractivity contribution in [3.63, 3.8) is 0 Å². The van der Waals surface area contributed by atoms with Crippen molar-refractivity contribution in [2.24, 2.45) is 0 Å². The second-order valence-corrected chi connectivity index (χ2v) is 47.5. The van der Waals surface area contributed by atoms with Gasteiger partial charge >= 0.3 is 444 Å². The van der Waals surface area contributed by atoms with Crippen LogP contribution in [0.15, 0.2) is 146 Å². The quantitative estimate of drug-likeness (QED) is 0.106. The first-order chi connectivity index (χ1) is 34.0. The number of alkyl halides is 12. The van der Waals surface area contributed by atoms with Crippen LogP contribution in [-0.4, -0.2) is 72.5 Å². The summed E-state index contributed by atoms with van der Waals surface area (Å²) in [5.74, 6) is 0. The van der Waals surface area contributed by atoms with Gasteiger partial charge in [-0.1, -0.05) is 0 Å². The molecule has 0 heterocycles. The normalized spacial score (nSPS) is 14.3. The maximum absolute atomic E-state index is 15.7. The fourth-order valence-electron chi connectivity index (χ4n) is 9.67. The van der Waals surface area contributed by atoms with Gasteiger partial charge in [-0.2, -0.15) is 0 Å². The monoisotopic (exact) mass is 1270 g/mol. The Morgan fingerprint density at radius 3 is 0.653 bits per heavy atom. The summed E-state index contributed by atoms with van der Waals surface area (Å²) < 4.78 is 187. The predicted molar refractivity (Wildman–Crippen MR) is 280 cm³/mol. The molecule has 406 valence electrons. The molecule has 75 heavy (non-hydrogen) atoms. The van der Waals surface area contributed by atoms with Crippen LogP contribution < -0.4 is 21.1 Å². The molecule has 0 aromatic heterocycles. The van der Waals surface area contributed by atoms with Crippen molar-refractivity contribution in [2.45, 2.75) is 143 Å². The van der Waals surface area contributed by atoms with E-state index >= 15 is 52.7 Å². The molecule has 0 bridgehead atoms. The van der Waals surface area contributed by atoms with Gasteiger partial charge in [0, 0.05) is 0 Å². The molecule has 6 rings (SSSR count). The second-order valence-electron chi connectivity index (χ2n) is 23.4. The zero-order chi connectivity index (χ0) is 56.6. The predicted octanol–water partition coefficient (Wildman–Crippen LogP) is 12.7. The van der Waals surface area contributed by atoms with Gasteiger partial charge in [-0.15, -0.1) is 0 Å². The van der Waals surface area contributed by atoms with Crippen LogP contribution in [0.25, 0.3) is 0 Å². The summed E-state index contributed by atoms with van der Waals surface area (Å²) in [5, 5.41) is 23.4. The van der Waals surface area contributed by atoms with Crippen molar-refractivity contribution in [1.29, 1.82) is 0 Å². The molecule has 6 aromatic carbocycles. The van der Waals surface area contributed by atoms with Crippen molar-refractivity contribution in [3.05, 3.63) is 179 Å². The van der Waals surface area contributed by atoms with Crippen molar-refractivity contribution in [2.75, 3.05) is 0 Å². The molecule has 2 nitrogen and oxygen atoms in total. The van der Waals surface area contributed by atoms with Gasteiger partial charge in [0.25, 0.3) is 0 Å². The molecule has 0 spiro atoms. The standard InChI is InChI=1S/4C10H13.2C9H5F6O.CH2.2Sb/c4*1-10(2,3)9-7-5-4-6-8-9;2*10-8(11,12)7(16,9(13,14)15)6-4-2-1-3-5-6;;;/h4*5-8H,1-3H3;2*1-4,16H;1H2;;. The van der Waals surface area contributed by atoms with E-state index in [9.17, 15) is 10.2 Å². The van der Waals surface area contributed by atoms with Crippen LogP contribution in [0, 0.1) is 0 Å². The molecular formula is C59H64F12O2Sb2. The topological polar surface area (TPSA) is 40.5 Å². The number of aliphatic hydroxyl groups is 2. The zero-order valence-corrected chi connectivity index (χ0v) is 49.0. The zero-order valence-electron chi connectivity index (χ0n) is 43.9. The molecule has 0 aliphatic rings. The molecule has 0 unspecified atom stereocenters. The first-order valence-corrected chi connectivity index (χ1v) is 35.4. The van der Waals surface area contributed by atoms with Crippen molar-refractivity contribution < 1.29 is 62.9 Å². The third-order valence-electron chi connectivity index (χ3n) is 14.2.